The van der Waals surface area contributed by atoms with Gasteiger partial charge in [0.25, 0.3) is 0 Å². The van der Waals surface area contributed by atoms with E-state index in [4.69, 9.17) is 14.9 Å². The molecule has 0 radical (unpaired) electrons. The third-order valence-electron chi connectivity index (χ3n) is 4.91. The highest BCUT2D eigenvalue weighted by Gasteiger charge is 2.27. The molecule has 0 fully saturated rings. The number of carbonyl (C=O) groups excluding carboxylic acids is 1. The van der Waals surface area contributed by atoms with Crippen LogP contribution in [0.15, 0.2) is 30.3 Å². The number of benzene rings is 2. The van der Waals surface area contributed by atoms with E-state index in [2.05, 4.69) is 11.4 Å². The Bertz CT molecular complexity index is 1040. The maximum absolute atomic E-state index is 12.1. The second-order valence-electron chi connectivity index (χ2n) is 8.58. The number of nitriles is 1. The van der Waals surface area contributed by atoms with Gasteiger partial charge in [-0.3, -0.25) is 5.32 Å². The van der Waals surface area contributed by atoms with E-state index in [1.807, 2.05) is 19.1 Å². The highest BCUT2D eigenvalue weighted by molar-refractivity contribution is 6.04. The number of ether oxygens (including phenoxy) is 2. The van der Waals surface area contributed by atoms with E-state index in [-0.39, 0.29) is 6.10 Å². The second kappa shape index (κ2) is 8.19. The molecule has 156 valence electrons. The van der Waals surface area contributed by atoms with Crippen LogP contribution in [-0.4, -0.2) is 17.4 Å². The summed E-state index contributed by atoms with van der Waals surface area (Å²) in [6, 6.07) is 11.3. The zero-order valence-corrected chi connectivity index (χ0v) is 18.1. The van der Waals surface area contributed by atoms with Gasteiger partial charge >= 0.3 is 6.09 Å². The number of amides is 1. The van der Waals surface area contributed by atoms with Crippen molar-refractivity contribution in [2.45, 2.75) is 59.2 Å². The predicted molar refractivity (Wildman–Crippen MR) is 116 cm³/mol. The molecule has 2 N–H and O–H groups in total. The van der Waals surface area contributed by atoms with Crippen molar-refractivity contribution in [3.05, 3.63) is 58.1 Å². The summed E-state index contributed by atoms with van der Waals surface area (Å²) in [4.78, 5) is 12.1. The number of aryl methyl sites for hydroxylation is 2. The molecule has 6 heteroatoms. The molecule has 0 heterocycles. The summed E-state index contributed by atoms with van der Waals surface area (Å²) in [6.45, 7) is 9.06. The predicted octanol–water partition coefficient (Wildman–Crippen LogP) is 5.67. The van der Waals surface area contributed by atoms with Crippen LogP contribution in [-0.2, 0) is 11.2 Å². The van der Waals surface area contributed by atoms with Crippen molar-refractivity contribution in [3.8, 4) is 11.8 Å². The molecule has 0 saturated carbocycles. The lowest BCUT2D eigenvalue weighted by molar-refractivity contribution is 0.0636. The summed E-state index contributed by atoms with van der Waals surface area (Å²) < 4.78 is 11.6. The molecule has 3 rings (SSSR count). The minimum Gasteiger partial charge on any atom is -0.486 e. The molecule has 1 unspecified atom stereocenters. The minimum absolute atomic E-state index is 0.101. The molecule has 0 bridgehead atoms. The normalized spacial score (nSPS) is 15.1. The molecule has 0 aliphatic heterocycles. The smallest absolute Gasteiger partial charge is 0.412 e. The van der Waals surface area contributed by atoms with Crippen LogP contribution in [0.3, 0.4) is 0 Å². The summed E-state index contributed by atoms with van der Waals surface area (Å²) in [6.07, 6.45) is 1.04. The number of hydrogen-bond acceptors (Lipinski definition) is 5. The number of nitrogens with one attached hydrogen (secondary N) is 2. The van der Waals surface area contributed by atoms with Gasteiger partial charge < -0.3 is 14.9 Å². The lowest BCUT2D eigenvalue weighted by Gasteiger charge is -2.21. The van der Waals surface area contributed by atoms with Crippen LogP contribution in [0.2, 0.25) is 0 Å². The summed E-state index contributed by atoms with van der Waals surface area (Å²) in [5.41, 5.74) is 4.81. The van der Waals surface area contributed by atoms with Crippen LogP contribution >= 0.6 is 0 Å². The summed E-state index contributed by atoms with van der Waals surface area (Å²) in [5.74, 6) is 0.632. The molecular weight excluding hydrogens is 378 g/mol. The molecule has 1 atom stereocenters. The molecule has 2 aromatic rings. The quantitative estimate of drug-likeness (QED) is 0.641. The number of carbonyl (C=O) groups is 1. The largest absolute Gasteiger partial charge is 0.486 e. The van der Waals surface area contributed by atoms with E-state index in [1.54, 1.807) is 45.9 Å². The molecule has 30 heavy (non-hydrogen) atoms. The number of rotatable bonds is 4. The molecule has 0 spiro atoms. The molecular formula is C24H27N3O3. The van der Waals surface area contributed by atoms with E-state index >= 15 is 0 Å². The summed E-state index contributed by atoms with van der Waals surface area (Å²) >= 11 is 0. The Morgan fingerprint density at radius 3 is 2.63 bits per heavy atom. The van der Waals surface area contributed by atoms with Gasteiger partial charge in [-0.25, -0.2) is 4.79 Å². The Labute approximate surface area is 177 Å². The van der Waals surface area contributed by atoms with E-state index in [1.165, 1.54) is 0 Å². The van der Waals surface area contributed by atoms with Crippen molar-refractivity contribution in [2.75, 3.05) is 5.32 Å². The fourth-order valence-electron chi connectivity index (χ4n) is 3.75. The van der Waals surface area contributed by atoms with Crippen molar-refractivity contribution in [1.82, 2.24) is 0 Å². The van der Waals surface area contributed by atoms with Gasteiger partial charge in [-0.15, -0.1) is 0 Å². The fraction of sp³-hybridized carbons (Fsp3) is 0.375. The second-order valence-corrected chi connectivity index (χ2v) is 8.58. The molecule has 1 amide bonds. The Balaban J connectivity index is 1.83. The van der Waals surface area contributed by atoms with Crippen LogP contribution in [0.5, 0.6) is 5.75 Å². The van der Waals surface area contributed by atoms with Crippen LogP contribution in [0.4, 0.5) is 10.5 Å². The zero-order chi connectivity index (χ0) is 22.1. The van der Waals surface area contributed by atoms with Crippen molar-refractivity contribution in [3.63, 3.8) is 0 Å². The van der Waals surface area contributed by atoms with Gasteiger partial charge in [0.2, 0.25) is 0 Å². The minimum atomic E-state index is -0.605. The first-order chi connectivity index (χ1) is 14.1. The maximum atomic E-state index is 12.1. The summed E-state index contributed by atoms with van der Waals surface area (Å²) in [7, 11) is 0. The van der Waals surface area contributed by atoms with Crippen LogP contribution in [0.25, 0.3) is 0 Å². The Morgan fingerprint density at radius 1 is 1.27 bits per heavy atom. The molecule has 0 saturated heterocycles. The van der Waals surface area contributed by atoms with Gasteiger partial charge in [-0.05, 0) is 94.5 Å². The zero-order valence-electron chi connectivity index (χ0n) is 18.1. The van der Waals surface area contributed by atoms with Crippen LogP contribution in [0, 0.1) is 23.7 Å². The lowest BCUT2D eigenvalue weighted by atomic mass is 10.00. The summed E-state index contributed by atoms with van der Waals surface area (Å²) in [5, 5.41) is 20.0. The first-order valence-electron chi connectivity index (χ1n) is 9.97. The van der Waals surface area contributed by atoms with Crippen molar-refractivity contribution >= 4 is 17.5 Å². The Kier molecular flexibility index (Phi) is 5.84. The number of hydrogen-bond donors (Lipinski definition) is 2. The highest BCUT2D eigenvalue weighted by atomic mass is 16.6. The molecule has 2 aromatic carbocycles. The fourth-order valence-corrected chi connectivity index (χ4v) is 3.75. The van der Waals surface area contributed by atoms with Gasteiger partial charge in [0.15, 0.2) is 0 Å². The molecule has 0 aromatic heterocycles. The highest BCUT2D eigenvalue weighted by Crippen LogP contribution is 2.38. The van der Waals surface area contributed by atoms with E-state index in [0.717, 1.165) is 29.5 Å². The molecule has 1 aliphatic rings. The maximum Gasteiger partial charge on any atom is 0.412 e. The van der Waals surface area contributed by atoms with E-state index in [0.29, 0.717) is 28.3 Å². The monoisotopic (exact) mass is 405 g/mol. The first kappa shape index (κ1) is 21.4. The topological polar surface area (TPSA) is 95.2 Å². The van der Waals surface area contributed by atoms with Gasteiger partial charge in [-0.2, -0.15) is 5.26 Å². The average molecular weight is 405 g/mol. The van der Waals surface area contributed by atoms with Gasteiger partial charge in [0, 0.05) is 11.3 Å². The standard InChI is InChI=1S/C24H27N3O3/c1-14-10-16(13-25)11-17-6-9-21(22(14)17)29-18-7-8-20(19(12-18)15(2)26)27-23(28)30-24(3,4)5/h7-8,10-12,21,26H,6,9H2,1-5H3,(H,27,28). The molecule has 6 nitrogen and oxygen atoms in total. The average Bonchev–Trinajstić information content (AvgIpc) is 3.04. The number of fused-ring (bicyclic) bond motifs is 1. The third-order valence-corrected chi connectivity index (χ3v) is 4.91. The van der Waals surface area contributed by atoms with Crippen molar-refractivity contribution < 1.29 is 14.3 Å². The number of anilines is 1. The van der Waals surface area contributed by atoms with Gasteiger partial charge in [0.1, 0.15) is 17.5 Å². The van der Waals surface area contributed by atoms with Gasteiger partial charge in [0.05, 0.1) is 17.3 Å². The Hall–Kier alpha value is -3.33. The number of nitrogens with zero attached hydrogens (tertiary/aromatic N) is 1. The molecule has 1 aliphatic carbocycles. The Morgan fingerprint density at radius 2 is 2.00 bits per heavy atom. The third kappa shape index (κ3) is 4.80. The van der Waals surface area contributed by atoms with E-state index in [9.17, 15) is 10.1 Å². The SMILES string of the molecule is CC(=N)c1cc(OC2CCc3cc(C#N)cc(C)c32)ccc1NC(=O)OC(C)(C)C. The van der Waals surface area contributed by atoms with Crippen molar-refractivity contribution in [1.29, 1.82) is 10.7 Å². The van der Waals surface area contributed by atoms with Crippen LogP contribution in [0.1, 0.15) is 68.0 Å². The first-order valence-corrected chi connectivity index (χ1v) is 9.97. The van der Waals surface area contributed by atoms with Crippen LogP contribution < -0.4 is 10.1 Å². The van der Waals surface area contributed by atoms with Gasteiger partial charge in [-0.1, -0.05) is 0 Å². The van der Waals surface area contributed by atoms with E-state index < -0.39 is 11.7 Å². The van der Waals surface area contributed by atoms with Crippen molar-refractivity contribution in [2.24, 2.45) is 0 Å². The lowest BCUT2D eigenvalue weighted by Crippen LogP contribution is -2.27.